The topological polar surface area (TPSA) is 92.9 Å². The van der Waals surface area contributed by atoms with Crippen LogP contribution in [0.4, 0.5) is 5.69 Å². The van der Waals surface area contributed by atoms with Gasteiger partial charge in [0.15, 0.2) is 5.75 Å². The van der Waals surface area contributed by atoms with Crippen molar-refractivity contribution >= 4 is 11.7 Å². The first-order valence-corrected chi connectivity index (χ1v) is 10.9. The summed E-state index contributed by atoms with van der Waals surface area (Å²) in [5.41, 5.74) is 4.81. The van der Waals surface area contributed by atoms with Crippen LogP contribution >= 0.6 is 0 Å². The molecule has 33 heavy (non-hydrogen) atoms. The molecule has 1 heterocycles. The molecule has 0 saturated carbocycles. The Hall–Kier alpha value is -3.71. The van der Waals surface area contributed by atoms with Gasteiger partial charge in [0.25, 0.3) is 0 Å². The van der Waals surface area contributed by atoms with Crippen molar-refractivity contribution in [3.63, 3.8) is 0 Å². The van der Waals surface area contributed by atoms with E-state index in [0.29, 0.717) is 25.1 Å². The van der Waals surface area contributed by atoms with Crippen LogP contribution in [-0.2, 0) is 17.9 Å². The highest BCUT2D eigenvalue weighted by Crippen LogP contribution is 2.32. The zero-order chi connectivity index (χ0) is 23.4. The molecule has 1 aliphatic rings. The number of rotatable bonds is 8. The second-order valence-electron chi connectivity index (χ2n) is 8.27. The normalized spacial score (nSPS) is 16.0. The van der Waals surface area contributed by atoms with Gasteiger partial charge in [-0.2, -0.15) is 0 Å². The van der Waals surface area contributed by atoms with Crippen molar-refractivity contribution in [1.82, 2.24) is 4.90 Å². The maximum absolute atomic E-state index is 11.7. The molecule has 7 heteroatoms. The Bertz CT molecular complexity index is 1160. The lowest BCUT2D eigenvalue weighted by Crippen LogP contribution is -2.35. The average molecular weight is 447 g/mol. The van der Waals surface area contributed by atoms with Gasteiger partial charge in [-0.3, -0.25) is 19.8 Å². The average Bonchev–Trinajstić information content (AvgIpc) is 3.28. The van der Waals surface area contributed by atoms with E-state index in [2.05, 4.69) is 0 Å². The Morgan fingerprint density at radius 2 is 1.94 bits per heavy atom. The van der Waals surface area contributed by atoms with Crippen molar-refractivity contribution in [2.75, 3.05) is 6.54 Å². The highest BCUT2D eigenvalue weighted by atomic mass is 16.6. The molecule has 3 aromatic carbocycles. The van der Waals surface area contributed by atoms with Gasteiger partial charge in [0.1, 0.15) is 12.6 Å². The Labute approximate surface area is 192 Å². The van der Waals surface area contributed by atoms with Gasteiger partial charge in [-0.15, -0.1) is 0 Å². The molecular weight excluding hydrogens is 420 g/mol. The Morgan fingerprint density at radius 3 is 2.67 bits per heavy atom. The predicted molar refractivity (Wildman–Crippen MR) is 125 cm³/mol. The van der Waals surface area contributed by atoms with Crippen molar-refractivity contribution in [2.45, 2.75) is 39.0 Å². The highest BCUT2D eigenvalue weighted by molar-refractivity contribution is 5.73. The second-order valence-corrected chi connectivity index (χ2v) is 8.27. The molecule has 0 bridgehead atoms. The SMILES string of the molecule is Cc1c(COc2ccc(CN3CCC[C@H]3C(=O)O)cc2[N+](=O)[O-])cccc1-c1ccccc1. The van der Waals surface area contributed by atoms with Crippen LogP contribution < -0.4 is 4.74 Å². The fourth-order valence-electron chi connectivity index (χ4n) is 4.38. The van der Waals surface area contributed by atoms with E-state index in [4.69, 9.17) is 4.74 Å². The Kier molecular flexibility index (Phi) is 6.70. The maximum Gasteiger partial charge on any atom is 0.320 e. The number of aliphatic carboxylic acids is 1. The zero-order valence-corrected chi connectivity index (χ0v) is 18.4. The van der Waals surface area contributed by atoms with E-state index in [0.717, 1.165) is 28.7 Å². The number of carboxylic acids is 1. The molecule has 1 atom stereocenters. The van der Waals surface area contributed by atoms with Gasteiger partial charge >= 0.3 is 11.7 Å². The van der Waals surface area contributed by atoms with E-state index in [1.165, 1.54) is 6.07 Å². The van der Waals surface area contributed by atoms with Crippen LogP contribution in [0.5, 0.6) is 5.75 Å². The molecule has 0 aromatic heterocycles. The first kappa shape index (κ1) is 22.5. The monoisotopic (exact) mass is 446 g/mol. The number of nitro groups is 1. The minimum Gasteiger partial charge on any atom is -0.482 e. The molecule has 0 amide bonds. The molecule has 170 valence electrons. The summed E-state index contributed by atoms with van der Waals surface area (Å²) in [7, 11) is 0. The van der Waals surface area contributed by atoms with E-state index in [-0.39, 0.29) is 18.0 Å². The fraction of sp³-hybridized carbons (Fsp3) is 0.269. The van der Waals surface area contributed by atoms with Gasteiger partial charge in [-0.25, -0.2) is 0 Å². The molecule has 4 rings (SSSR count). The summed E-state index contributed by atoms with van der Waals surface area (Å²) in [6, 6.07) is 20.3. The summed E-state index contributed by atoms with van der Waals surface area (Å²) in [5.74, 6) is -0.653. The number of ether oxygens (including phenoxy) is 1. The van der Waals surface area contributed by atoms with E-state index >= 15 is 0 Å². The van der Waals surface area contributed by atoms with E-state index in [1.807, 2.05) is 60.4 Å². The van der Waals surface area contributed by atoms with E-state index in [1.54, 1.807) is 12.1 Å². The lowest BCUT2D eigenvalue weighted by Gasteiger charge is -2.21. The first-order valence-electron chi connectivity index (χ1n) is 10.9. The molecule has 1 saturated heterocycles. The van der Waals surface area contributed by atoms with Gasteiger partial charge in [0, 0.05) is 12.6 Å². The van der Waals surface area contributed by atoms with Crippen LogP contribution in [0, 0.1) is 17.0 Å². The van der Waals surface area contributed by atoms with E-state index in [9.17, 15) is 20.0 Å². The summed E-state index contributed by atoms with van der Waals surface area (Å²) in [6.45, 7) is 3.25. The third-order valence-corrected chi connectivity index (χ3v) is 6.17. The fourth-order valence-corrected chi connectivity index (χ4v) is 4.38. The van der Waals surface area contributed by atoms with Crippen LogP contribution in [0.25, 0.3) is 11.1 Å². The molecule has 7 nitrogen and oxygen atoms in total. The zero-order valence-electron chi connectivity index (χ0n) is 18.4. The molecule has 1 N–H and O–H groups in total. The van der Waals surface area contributed by atoms with Crippen molar-refractivity contribution < 1.29 is 19.6 Å². The summed E-state index contributed by atoms with van der Waals surface area (Å²) in [4.78, 5) is 24.5. The molecule has 3 aromatic rings. The smallest absolute Gasteiger partial charge is 0.320 e. The van der Waals surface area contributed by atoms with Gasteiger partial charge < -0.3 is 9.84 Å². The standard InChI is InChI=1S/C26H26N2O5/c1-18-21(9-5-10-22(18)20-7-3-2-4-8-20)17-33-25-13-12-19(15-24(25)28(31)32)16-27-14-6-11-23(27)26(29)30/h2-5,7-10,12-13,15,23H,6,11,14,16-17H2,1H3,(H,29,30)/t23-/m0/s1. The first-order chi connectivity index (χ1) is 15.9. The highest BCUT2D eigenvalue weighted by Gasteiger charge is 2.30. The molecule has 1 fully saturated rings. The maximum atomic E-state index is 11.7. The number of likely N-dealkylation sites (tertiary alicyclic amines) is 1. The molecule has 0 aliphatic carbocycles. The number of hydrogen-bond donors (Lipinski definition) is 1. The summed E-state index contributed by atoms with van der Waals surface area (Å²) >= 11 is 0. The van der Waals surface area contributed by atoms with Crippen LogP contribution in [0.3, 0.4) is 0 Å². The minimum atomic E-state index is -0.852. The van der Waals surface area contributed by atoms with Crippen molar-refractivity contribution in [3.05, 3.63) is 93.5 Å². The van der Waals surface area contributed by atoms with Crippen LogP contribution in [0.2, 0.25) is 0 Å². The van der Waals surface area contributed by atoms with Gasteiger partial charge in [-0.05, 0) is 60.2 Å². The third kappa shape index (κ3) is 5.04. The van der Waals surface area contributed by atoms with Crippen LogP contribution in [0.15, 0.2) is 66.7 Å². The summed E-state index contributed by atoms with van der Waals surface area (Å²) < 4.78 is 5.89. The number of carboxylic acid groups (broad SMARTS) is 1. The largest absolute Gasteiger partial charge is 0.482 e. The molecule has 0 radical (unpaired) electrons. The van der Waals surface area contributed by atoms with Gasteiger partial charge in [0.2, 0.25) is 0 Å². The Morgan fingerprint density at radius 1 is 1.15 bits per heavy atom. The Balaban J connectivity index is 1.52. The number of hydrogen-bond acceptors (Lipinski definition) is 5. The number of benzene rings is 3. The van der Waals surface area contributed by atoms with Crippen molar-refractivity contribution in [3.8, 4) is 16.9 Å². The van der Waals surface area contributed by atoms with E-state index < -0.39 is 16.9 Å². The minimum absolute atomic E-state index is 0.115. The number of carbonyl (C=O) groups is 1. The lowest BCUT2D eigenvalue weighted by atomic mass is 9.97. The van der Waals surface area contributed by atoms with Gasteiger partial charge in [0.05, 0.1) is 4.92 Å². The molecular formula is C26H26N2O5. The van der Waals surface area contributed by atoms with Crippen molar-refractivity contribution in [1.29, 1.82) is 0 Å². The summed E-state index contributed by atoms with van der Waals surface area (Å²) in [5, 5.41) is 21.1. The van der Waals surface area contributed by atoms with Crippen LogP contribution in [-0.4, -0.2) is 33.5 Å². The molecule has 1 aliphatic heterocycles. The van der Waals surface area contributed by atoms with Crippen LogP contribution in [0.1, 0.15) is 29.5 Å². The lowest BCUT2D eigenvalue weighted by molar-refractivity contribution is -0.386. The second kappa shape index (κ2) is 9.83. The van der Waals surface area contributed by atoms with Crippen molar-refractivity contribution in [2.24, 2.45) is 0 Å². The molecule has 0 spiro atoms. The number of nitrogens with zero attached hydrogens (tertiary/aromatic N) is 2. The third-order valence-electron chi connectivity index (χ3n) is 6.17. The predicted octanol–water partition coefficient (Wildman–Crippen LogP) is 5.20. The number of nitro benzene ring substituents is 1. The molecule has 0 unspecified atom stereocenters. The summed E-state index contributed by atoms with van der Waals surface area (Å²) in [6.07, 6.45) is 1.40. The quantitative estimate of drug-likeness (QED) is 0.378. The van der Waals surface area contributed by atoms with Gasteiger partial charge in [-0.1, -0.05) is 54.6 Å².